The Morgan fingerprint density at radius 3 is 2.40 bits per heavy atom. The van der Waals surface area contributed by atoms with Crippen LogP contribution in [-0.4, -0.2) is 43.8 Å². The predicted octanol–water partition coefficient (Wildman–Crippen LogP) is 5.70. The Hall–Kier alpha value is -5.24. The first-order valence-electron chi connectivity index (χ1n) is 13.9. The van der Waals surface area contributed by atoms with E-state index in [-0.39, 0.29) is 16.9 Å². The topological polar surface area (TPSA) is 84.9 Å². The number of nitrogens with one attached hydrogen (secondary N) is 1. The Morgan fingerprint density at radius 2 is 1.60 bits per heavy atom. The first kappa shape index (κ1) is 26.6. The molecule has 1 N–H and O–H groups in total. The van der Waals surface area contributed by atoms with Crippen molar-refractivity contribution in [1.82, 2.24) is 0 Å². The molecule has 7 rings (SSSR count). The third kappa shape index (κ3) is 3.69. The molecule has 3 heterocycles. The van der Waals surface area contributed by atoms with Crippen LogP contribution in [0, 0.1) is 11.7 Å². The number of ether oxygens (including phenoxy) is 2. The number of hydrogen-bond acceptors (Lipinski definition) is 6. The highest BCUT2D eigenvalue weighted by atomic mass is 19.1. The van der Waals surface area contributed by atoms with Crippen molar-refractivity contribution in [2.24, 2.45) is 5.92 Å². The summed E-state index contributed by atoms with van der Waals surface area (Å²) in [6.45, 7) is 0. The fourth-order valence-electron chi connectivity index (χ4n) is 7.11. The van der Waals surface area contributed by atoms with E-state index in [4.69, 9.17) is 9.47 Å². The molecule has 214 valence electrons. The van der Waals surface area contributed by atoms with E-state index in [1.54, 1.807) is 36.4 Å². The number of halogens is 1. The van der Waals surface area contributed by atoms with E-state index >= 15 is 9.18 Å². The number of amides is 1. The zero-order chi connectivity index (χ0) is 29.9. The number of para-hydroxylation sites is 2. The van der Waals surface area contributed by atoms with E-state index in [0.29, 0.717) is 22.7 Å². The standard InChI is InChI=1S/C35H27FN2O5/c1-42-21-16-17-28(43-2)23(19-21)32(39)30-31(33(40)22-10-4-6-12-25(22)36)38-27-14-8-3-9-20(27)15-18-29(38)35(30)24-11-5-7-13-26(24)37-34(35)41/h3-19,29-31H,1-2H3,(H,37,41)/t29-,30-,31+,35-/m0/s1. The van der Waals surface area contributed by atoms with Crippen LogP contribution in [0.3, 0.4) is 0 Å². The molecule has 4 aromatic rings. The average Bonchev–Trinajstić information content (AvgIpc) is 3.52. The molecule has 0 saturated carbocycles. The Balaban J connectivity index is 1.56. The number of ketones is 2. The van der Waals surface area contributed by atoms with Crippen molar-refractivity contribution in [3.8, 4) is 11.5 Å². The highest BCUT2D eigenvalue weighted by Gasteiger charge is 2.70. The van der Waals surface area contributed by atoms with Gasteiger partial charge in [0.15, 0.2) is 11.6 Å². The fraction of sp³-hybridized carbons (Fsp3) is 0.171. The number of Topliss-reactive ketones (excluding diaryl/α,β-unsaturated/α-hetero) is 2. The van der Waals surface area contributed by atoms with Gasteiger partial charge in [0.2, 0.25) is 5.91 Å². The maximum Gasteiger partial charge on any atom is 0.238 e. The van der Waals surface area contributed by atoms with Crippen molar-refractivity contribution in [3.63, 3.8) is 0 Å². The average molecular weight is 575 g/mol. The Kier molecular flexibility index (Phi) is 6.16. The van der Waals surface area contributed by atoms with Crippen LogP contribution in [0.25, 0.3) is 6.08 Å². The molecule has 0 unspecified atom stereocenters. The first-order valence-corrected chi connectivity index (χ1v) is 13.9. The van der Waals surface area contributed by atoms with E-state index in [0.717, 1.165) is 5.56 Å². The van der Waals surface area contributed by atoms with Crippen molar-refractivity contribution in [1.29, 1.82) is 0 Å². The predicted molar refractivity (Wildman–Crippen MR) is 160 cm³/mol. The molecule has 43 heavy (non-hydrogen) atoms. The van der Waals surface area contributed by atoms with Gasteiger partial charge in [-0.2, -0.15) is 0 Å². The minimum atomic E-state index is -1.53. The van der Waals surface area contributed by atoms with E-state index in [9.17, 15) is 9.59 Å². The molecule has 1 saturated heterocycles. The van der Waals surface area contributed by atoms with Crippen molar-refractivity contribution in [2.75, 3.05) is 24.4 Å². The third-order valence-corrected chi connectivity index (χ3v) is 8.90. The maximum atomic E-state index is 15.3. The molecule has 1 spiro atoms. The molecule has 8 heteroatoms. The molecule has 4 atom stereocenters. The molecule has 4 aromatic carbocycles. The number of carbonyl (C=O) groups is 3. The second-order valence-corrected chi connectivity index (χ2v) is 10.8. The van der Waals surface area contributed by atoms with Crippen LogP contribution in [0.1, 0.15) is 31.8 Å². The second-order valence-electron chi connectivity index (χ2n) is 10.8. The summed E-state index contributed by atoms with van der Waals surface area (Å²) < 4.78 is 26.3. The van der Waals surface area contributed by atoms with Crippen LogP contribution < -0.4 is 19.7 Å². The number of fused-ring (bicyclic) bond motifs is 6. The number of methoxy groups -OCH3 is 2. The number of rotatable bonds is 6. The quantitative estimate of drug-likeness (QED) is 0.298. The van der Waals surface area contributed by atoms with Gasteiger partial charge >= 0.3 is 0 Å². The summed E-state index contributed by atoms with van der Waals surface area (Å²) in [5.41, 5.74) is 1.13. The largest absolute Gasteiger partial charge is 0.497 e. The molecular formula is C35H27FN2O5. The van der Waals surface area contributed by atoms with Gasteiger partial charge in [-0.25, -0.2) is 4.39 Å². The maximum absolute atomic E-state index is 15.3. The van der Waals surface area contributed by atoms with Gasteiger partial charge in [-0.3, -0.25) is 14.4 Å². The molecule has 0 aliphatic carbocycles. The third-order valence-electron chi connectivity index (χ3n) is 8.90. The summed E-state index contributed by atoms with van der Waals surface area (Å²) in [5, 5.41) is 2.99. The SMILES string of the molecule is COc1ccc(OC)c(C(=O)[C@@H]2[C@H](C(=O)c3ccccc3F)N3c4ccccc4C=C[C@H]3[C@]23C(=O)Nc2ccccc23)c1. The monoisotopic (exact) mass is 574 g/mol. The van der Waals surface area contributed by atoms with E-state index < -0.39 is 46.7 Å². The van der Waals surface area contributed by atoms with Crippen molar-refractivity contribution >= 4 is 34.9 Å². The van der Waals surface area contributed by atoms with Crippen molar-refractivity contribution < 1.29 is 28.2 Å². The highest BCUT2D eigenvalue weighted by molar-refractivity contribution is 6.19. The molecular weight excluding hydrogens is 547 g/mol. The zero-order valence-electron chi connectivity index (χ0n) is 23.4. The Labute approximate surface area is 247 Å². The molecule has 0 aromatic heterocycles. The van der Waals surface area contributed by atoms with Crippen LogP contribution in [0.5, 0.6) is 11.5 Å². The van der Waals surface area contributed by atoms with Gasteiger partial charge in [0.25, 0.3) is 0 Å². The minimum absolute atomic E-state index is 0.155. The van der Waals surface area contributed by atoms with Crippen LogP contribution >= 0.6 is 0 Å². The smallest absolute Gasteiger partial charge is 0.238 e. The van der Waals surface area contributed by atoms with Crippen molar-refractivity contribution in [3.05, 3.63) is 125 Å². The van der Waals surface area contributed by atoms with Crippen LogP contribution in [0.4, 0.5) is 15.8 Å². The molecule has 1 fully saturated rings. The fourth-order valence-corrected chi connectivity index (χ4v) is 7.11. The highest BCUT2D eigenvalue weighted by Crippen LogP contribution is 2.58. The van der Waals surface area contributed by atoms with Crippen LogP contribution in [0.15, 0.2) is 97.1 Å². The summed E-state index contributed by atoms with van der Waals surface area (Å²) in [4.78, 5) is 46.0. The van der Waals surface area contributed by atoms with Gasteiger partial charge in [-0.1, -0.05) is 60.7 Å². The number of anilines is 2. The van der Waals surface area contributed by atoms with E-state index in [1.165, 1.54) is 32.4 Å². The first-order chi connectivity index (χ1) is 20.9. The van der Waals surface area contributed by atoms with Gasteiger partial charge in [-0.05, 0) is 53.6 Å². The van der Waals surface area contributed by atoms with Crippen molar-refractivity contribution in [2.45, 2.75) is 17.5 Å². The lowest BCUT2D eigenvalue weighted by atomic mass is 9.64. The zero-order valence-corrected chi connectivity index (χ0v) is 23.4. The Bertz CT molecular complexity index is 1850. The summed E-state index contributed by atoms with van der Waals surface area (Å²) in [6.07, 6.45) is 3.79. The van der Waals surface area contributed by atoms with Gasteiger partial charge in [0, 0.05) is 11.4 Å². The molecule has 0 radical (unpaired) electrons. The summed E-state index contributed by atoms with van der Waals surface area (Å²) in [5.74, 6) is -2.79. The number of hydrogen-bond donors (Lipinski definition) is 1. The molecule has 3 aliphatic rings. The van der Waals surface area contributed by atoms with Gasteiger partial charge in [0.05, 0.1) is 37.3 Å². The van der Waals surface area contributed by atoms with Crippen LogP contribution in [-0.2, 0) is 10.2 Å². The summed E-state index contributed by atoms with van der Waals surface area (Å²) in [6, 6.07) is 23.3. The minimum Gasteiger partial charge on any atom is -0.497 e. The molecule has 7 nitrogen and oxygen atoms in total. The summed E-state index contributed by atoms with van der Waals surface area (Å²) in [7, 11) is 2.94. The lowest BCUT2D eigenvalue weighted by Gasteiger charge is -2.37. The van der Waals surface area contributed by atoms with Gasteiger partial charge in [-0.15, -0.1) is 0 Å². The van der Waals surface area contributed by atoms with Gasteiger partial charge in [0.1, 0.15) is 28.8 Å². The molecule has 3 aliphatic heterocycles. The van der Waals surface area contributed by atoms with Gasteiger partial charge < -0.3 is 19.7 Å². The van der Waals surface area contributed by atoms with E-state index in [1.807, 2.05) is 53.5 Å². The normalized spacial score (nSPS) is 22.9. The molecule has 0 bridgehead atoms. The lowest BCUT2D eigenvalue weighted by molar-refractivity contribution is -0.121. The lowest BCUT2D eigenvalue weighted by Crippen LogP contribution is -2.51. The Morgan fingerprint density at radius 1 is 0.860 bits per heavy atom. The summed E-state index contributed by atoms with van der Waals surface area (Å²) >= 11 is 0. The number of benzene rings is 4. The number of carbonyl (C=O) groups excluding carboxylic acids is 3. The van der Waals surface area contributed by atoms with E-state index in [2.05, 4.69) is 5.32 Å². The second kappa shape index (κ2) is 9.94. The number of nitrogens with zero attached hydrogens (tertiary/aromatic N) is 1. The molecule has 1 amide bonds. The van der Waals surface area contributed by atoms with Crippen LogP contribution in [0.2, 0.25) is 0 Å².